The first-order valence-electron chi connectivity index (χ1n) is 8.61. The van der Waals surface area contributed by atoms with Gasteiger partial charge in [-0.2, -0.15) is 0 Å². The summed E-state index contributed by atoms with van der Waals surface area (Å²) in [6.45, 7) is 6.60. The molecule has 0 aliphatic rings. The van der Waals surface area contributed by atoms with E-state index in [1.165, 1.54) is 11.1 Å². The zero-order chi connectivity index (χ0) is 18.6. The summed E-state index contributed by atoms with van der Waals surface area (Å²) in [7, 11) is 0. The van der Waals surface area contributed by atoms with Crippen LogP contribution in [0.2, 0.25) is 0 Å². The van der Waals surface area contributed by atoms with Crippen molar-refractivity contribution >= 4 is 17.8 Å². The molecule has 3 aromatic rings. The number of nitrogen functional groups attached to an aromatic ring is 1. The minimum atomic E-state index is 0.126. The highest BCUT2D eigenvalue weighted by molar-refractivity contribution is 7.99. The SMILES string of the molecule is CC(C)(C)c1ccc(-c2nnc(SCC=Cc3ccccc3)n2N)cc1. The highest BCUT2D eigenvalue weighted by Crippen LogP contribution is 2.26. The van der Waals surface area contributed by atoms with E-state index in [0.29, 0.717) is 11.0 Å². The van der Waals surface area contributed by atoms with Crippen molar-refractivity contribution in [2.24, 2.45) is 0 Å². The van der Waals surface area contributed by atoms with Crippen LogP contribution < -0.4 is 5.84 Å². The lowest BCUT2D eigenvalue weighted by atomic mass is 9.87. The first kappa shape index (κ1) is 18.3. The fourth-order valence-electron chi connectivity index (χ4n) is 2.56. The van der Waals surface area contributed by atoms with Gasteiger partial charge in [-0.05, 0) is 16.5 Å². The van der Waals surface area contributed by atoms with E-state index in [2.05, 4.69) is 79.5 Å². The standard InChI is InChI=1S/C21H24N4S/c1-21(2,3)18-13-11-17(12-14-18)19-23-24-20(25(19)22)26-15-7-10-16-8-5-4-6-9-16/h4-14H,15,22H2,1-3H3. The van der Waals surface area contributed by atoms with E-state index < -0.39 is 0 Å². The predicted octanol–water partition coefficient (Wildman–Crippen LogP) is 4.76. The Morgan fingerprint density at radius 1 is 1.00 bits per heavy atom. The van der Waals surface area contributed by atoms with Gasteiger partial charge in [-0.25, -0.2) is 4.68 Å². The Bertz CT molecular complexity index is 875. The van der Waals surface area contributed by atoms with Crippen LogP contribution in [0.5, 0.6) is 0 Å². The zero-order valence-corrected chi connectivity index (χ0v) is 16.2. The van der Waals surface area contributed by atoms with E-state index in [-0.39, 0.29) is 5.41 Å². The molecule has 0 aliphatic heterocycles. The van der Waals surface area contributed by atoms with Gasteiger partial charge in [0.1, 0.15) is 0 Å². The highest BCUT2D eigenvalue weighted by atomic mass is 32.2. The summed E-state index contributed by atoms with van der Waals surface area (Å²) >= 11 is 1.57. The summed E-state index contributed by atoms with van der Waals surface area (Å²) < 4.78 is 1.56. The van der Waals surface area contributed by atoms with Crippen molar-refractivity contribution in [2.75, 3.05) is 11.6 Å². The number of hydrogen-bond donors (Lipinski definition) is 1. The first-order chi connectivity index (χ1) is 12.4. The van der Waals surface area contributed by atoms with Crippen LogP contribution in [0.3, 0.4) is 0 Å². The van der Waals surface area contributed by atoms with Crippen molar-refractivity contribution in [3.8, 4) is 11.4 Å². The van der Waals surface area contributed by atoms with Crippen molar-refractivity contribution in [1.82, 2.24) is 14.9 Å². The van der Waals surface area contributed by atoms with Crippen molar-refractivity contribution in [1.29, 1.82) is 0 Å². The van der Waals surface area contributed by atoms with Crippen molar-refractivity contribution in [3.05, 3.63) is 71.8 Å². The minimum Gasteiger partial charge on any atom is -0.335 e. The second-order valence-corrected chi connectivity index (χ2v) is 8.11. The van der Waals surface area contributed by atoms with Crippen LogP contribution in [0.1, 0.15) is 31.9 Å². The Morgan fingerprint density at radius 3 is 2.35 bits per heavy atom. The van der Waals surface area contributed by atoms with Gasteiger partial charge in [-0.3, -0.25) is 0 Å². The molecular weight excluding hydrogens is 340 g/mol. The third-order valence-corrected chi connectivity index (χ3v) is 4.99. The monoisotopic (exact) mass is 364 g/mol. The fourth-order valence-corrected chi connectivity index (χ4v) is 3.23. The first-order valence-corrected chi connectivity index (χ1v) is 9.59. The molecule has 5 heteroatoms. The average molecular weight is 365 g/mol. The van der Waals surface area contributed by atoms with Gasteiger partial charge in [0.15, 0.2) is 5.82 Å². The lowest BCUT2D eigenvalue weighted by molar-refractivity contribution is 0.590. The van der Waals surface area contributed by atoms with Gasteiger partial charge in [-0.1, -0.05) is 99.3 Å². The van der Waals surface area contributed by atoms with Crippen molar-refractivity contribution in [2.45, 2.75) is 31.3 Å². The summed E-state index contributed by atoms with van der Waals surface area (Å²) in [5, 5.41) is 9.19. The minimum absolute atomic E-state index is 0.126. The maximum atomic E-state index is 6.20. The third kappa shape index (κ3) is 4.35. The molecule has 0 saturated carbocycles. The molecule has 4 nitrogen and oxygen atoms in total. The zero-order valence-electron chi connectivity index (χ0n) is 15.4. The smallest absolute Gasteiger partial charge is 0.210 e. The van der Waals surface area contributed by atoms with Gasteiger partial charge >= 0.3 is 0 Å². The second kappa shape index (κ2) is 7.79. The Labute approximate surface area is 159 Å². The molecule has 134 valence electrons. The second-order valence-electron chi connectivity index (χ2n) is 7.13. The summed E-state index contributed by atoms with van der Waals surface area (Å²) in [4.78, 5) is 0. The number of thioether (sulfide) groups is 1. The van der Waals surface area contributed by atoms with Gasteiger partial charge in [0.2, 0.25) is 5.16 Å². The van der Waals surface area contributed by atoms with Crippen LogP contribution in [-0.4, -0.2) is 20.6 Å². The van der Waals surface area contributed by atoms with Gasteiger partial charge in [0.25, 0.3) is 0 Å². The van der Waals surface area contributed by atoms with E-state index in [9.17, 15) is 0 Å². The molecule has 26 heavy (non-hydrogen) atoms. The molecular formula is C21H24N4S. The average Bonchev–Trinajstić information content (AvgIpc) is 3.00. The molecule has 1 heterocycles. The van der Waals surface area contributed by atoms with Crippen LogP contribution in [-0.2, 0) is 5.41 Å². The number of benzene rings is 2. The Balaban J connectivity index is 1.67. The molecule has 0 fully saturated rings. The topological polar surface area (TPSA) is 56.7 Å². The summed E-state index contributed by atoms with van der Waals surface area (Å²) in [6.07, 6.45) is 4.20. The summed E-state index contributed by atoms with van der Waals surface area (Å²) in [5.74, 6) is 7.66. The van der Waals surface area contributed by atoms with E-state index in [4.69, 9.17) is 5.84 Å². The molecule has 0 atom stereocenters. The van der Waals surface area contributed by atoms with Gasteiger partial charge < -0.3 is 5.84 Å². The summed E-state index contributed by atoms with van der Waals surface area (Å²) in [6, 6.07) is 18.6. The van der Waals surface area contributed by atoms with Crippen LogP contribution >= 0.6 is 11.8 Å². The predicted molar refractivity (Wildman–Crippen MR) is 111 cm³/mol. The number of nitrogens with zero attached hydrogens (tertiary/aromatic N) is 3. The Kier molecular flexibility index (Phi) is 5.47. The number of nitrogens with two attached hydrogens (primary N) is 1. The van der Waals surface area contributed by atoms with Gasteiger partial charge in [-0.15, -0.1) is 10.2 Å². The maximum Gasteiger partial charge on any atom is 0.210 e. The van der Waals surface area contributed by atoms with E-state index in [1.807, 2.05) is 18.2 Å². The lowest BCUT2D eigenvalue weighted by Crippen LogP contribution is -2.12. The number of hydrogen-bond acceptors (Lipinski definition) is 4. The number of rotatable bonds is 5. The molecule has 0 unspecified atom stereocenters. The molecule has 0 amide bonds. The summed E-state index contributed by atoms with van der Waals surface area (Å²) in [5.41, 5.74) is 3.56. The maximum absolute atomic E-state index is 6.20. The molecule has 0 radical (unpaired) electrons. The van der Waals surface area contributed by atoms with Crippen LogP contribution in [0.15, 0.2) is 65.8 Å². The molecule has 2 N–H and O–H groups in total. The van der Waals surface area contributed by atoms with E-state index >= 15 is 0 Å². The molecule has 2 aromatic carbocycles. The molecule has 0 aliphatic carbocycles. The van der Waals surface area contributed by atoms with Gasteiger partial charge in [0, 0.05) is 11.3 Å². The molecule has 3 rings (SSSR count). The highest BCUT2D eigenvalue weighted by Gasteiger charge is 2.15. The number of aromatic nitrogens is 3. The van der Waals surface area contributed by atoms with E-state index in [0.717, 1.165) is 11.3 Å². The van der Waals surface area contributed by atoms with E-state index in [1.54, 1.807) is 16.4 Å². The Morgan fingerprint density at radius 2 is 1.69 bits per heavy atom. The van der Waals surface area contributed by atoms with Crippen LogP contribution in [0.25, 0.3) is 17.5 Å². The Hall–Kier alpha value is -2.53. The van der Waals surface area contributed by atoms with Crippen molar-refractivity contribution in [3.63, 3.8) is 0 Å². The third-order valence-electron chi connectivity index (χ3n) is 4.09. The molecule has 0 saturated heterocycles. The normalized spacial score (nSPS) is 12.0. The molecule has 0 spiro atoms. The van der Waals surface area contributed by atoms with Gasteiger partial charge in [0.05, 0.1) is 0 Å². The van der Waals surface area contributed by atoms with Crippen LogP contribution in [0, 0.1) is 0 Å². The lowest BCUT2D eigenvalue weighted by Gasteiger charge is -2.19. The fraction of sp³-hybridized carbons (Fsp3) is 0.238. The van der Waals surface area contributed by atoms with Crippen LogP contribution in [0.4, 0.5) is 0 Å². The quantitative estimate of drug-likeness (QED) is 0.524. The molecule has 0 bridgehead atoms. The van der Waals surface area contributed by atoms with Crippen molar-refractivity contribution < 1.29 is 0 Å². The molecule has 1 aromatic heterocycles. The largest absolute Gasteiger partial charge is 0.335 e.